The SMILES string of the molecule is COc1cc(Cl)cc(C=Nn2c(-c3ccccc3)nc3ccccc3c2=O)c1OCc1ccccc1Cl. The summed E-state index contributed by atoms with van der Waals surface area (Å²) in [5.41, 5.74) is 2.38. The summed E-state index contributed by atoms with van der Waals surface area (Å²) in [6, 6.07) is 27.4. The van der Waals surface area contributed by atoms with E-state index in [1.165, 1.54) is 18.0 Å². The number of fused-ring (bicyclic) bond motifs is 1. The minimum atomic E-state index is -0.298. The number of para-hydroxylation sites is 1. The topological polar surface area (TPSA) is 65.7 Å². The number of halogens is 2. The first-order valence-corrected chi connectivity index (χ1v) is 12.2. The average molecular weight is 530 g/mol. The van der Waals surface area contributed by atoms with Crippen LogP contribution in [0.4, 0.5) is 0 Å². The van der Waals surface area contributed by atoms with Crippen LogP contribution in [0.15, 0.2) is 101 Å². The molecule has 4 aromatic carbocycles. The molecule has 0 amide bonds. The zero-order valence-electron chi connectivity index (χ0n) is 19.8. The monoisotopic (exact) mass is 529 g/mol. The maximum atomic E-state index is 13.5. The lowest BCUT2D eigenvalue weighted by atomic mass is 10.2. The first-order chi connectivity index (χ1) is 18.0. The predicted molar refractivity (Wildman–Crippen MR) is 148 cm³/mol. The molecular weight excluding hydrogens is 509 g/mol. The number of aromatic nitrogens is 2. The van der Waals surface area contributed by atoms with Gasteiger partial charge in [-0.3, -0.25) is 4.79 Å². The van der Waals surface area contributed by atoms with Crippen molar-refractivity contribution in [2.45, 2.75) is 6.61 Å². The van der Waals surface area contributed by atoms with Crippen molar-refractivity contribution in [1.82, 2.24) is 9.66 Å². The molecule has 1 aromatic heterocycles. The van der Waals surface area contributed by atoms with Gasteiger partial charge in [-0.25, -0.2) is 4.98 Å². The number of rotatable bonds is 7. The fourth-order valence-corrected chi connectivity index (χ4v) is 4.29. The van der Waals surface area contributed by atoms with E-state index in [4.69, 9.17) is 37.7 Å². The maximum Gasteiger partial charge on any atom is 0.282 e. The molecule has 0 aliphatic rings. The van der Waals surface area contributed by atoms with Gasteiger partial charge in [0.25, 0.3) is 5.56 Å². The normalized spacial score (nSPS) is 11.2. The van der Waals surface area contributed by atoms with E-state index in [0.29, 0.717) is 43.8 Å². The lowest BCUT2D eigenvalue weighted by molar-refractivity contribution is 0.284. The van der Waals surface area contributed by atoms with E-state index < -0.39 is 0 Å². The quantitative estimate of drug-likeness (QED) is 0.216. The molecule has 5 aromatic rings. The first kappa shape index (κ1) is 24.6. The summed E-state index contributed by atoms with van der Waals surface area (Å²) in [7, 11) is 1.53. The van der Waals surface area contributed by atoms with Crippen LogP contribution in [0.25, 0.3) is 22.3 Å². The summed E-state index contributed by atoms with van der Waals surface area (Å²) in [5, 5.41) is 6.02. The van der Waals surface area contributed by atoms with Crippen molar-refractivity contribution < 1.29 is 9.47 Å². The second-order valence-electron chi connectivity index (χ2n) is 8.09. The third-order valence-corrected chi connectivity index (χ3v) is 6.28. The smallest absolute Gasteiger partial charge is 0.282 e. The largest absolute Gasteiger partial charge is 0.493 e. The van der Waals surface area contributed by atoms with Crippen LogP contribution in [0, 0.1) is 0 Å². The first-order valence-electron chi connectivity index (χ1n) is 11.4. The van der Waals surface area contributed by atoms with Crippen molar-refractivity contribution in [3.63, 3.8) is 0 Å². The predicted octanol–water partition coefficient (Wildman–Crippen LogP) is 6.84. The van der Waals surface area contributed by atoms with Crippen LogP contribution in [0.3, 0.4) is 0 Å². The zero-order valence-corrected chi connectivity index (χ0v) is 21.3. The summed E-state index contributed by atoms with van der Waals surface area (Å²) in [6.07, 6.45) is 1.51. The van der Waals surface area contributed by atoms with Crippen LogP contribution in [0.5, 0.6) is 11.5 Å². The highest BCUT2D eigenvalue weighted by Crippen LogP contribution is 2.35. The molecule has 0 aliphatic carbocycles. The van der Waals surface area contributed by atoms with Crippen LogP contribution in [0.1, 0.15) is 11.1 Å². The standard InChI is InChI=1S/C29H21Cl2N3O3/c1-36-26-16-22(30)15-21(27(26)37-18-20-11-5-7-13-24(20)31)17-32-34-28(19-9-3-2-4-10-19)33-25-14-8-6-12-23(25)29(34)35/h2-17H,18H2,1H3. The van der Waals surface area contributed by atoms with Crippen LogP contribution >= 0.6 is 23.2 Å². The molecule has 5 rings (SSSR count). The zero-order chi connectivity index (χ0) is 25.8. The highest BCUT2D eigenvalue weighted by atomic mass is 35.5. The highest BCUT2D eigenvalue weighted by Gasteiger charge is 2.15. The number of nitrogens with zero attached hydrogens (tertiary/aromatic N) is 3. The van der Waals surface area contributed by atoms with Gasteiger partial charge in [0.15, 0.2) is 17.3 Å². The molecule has 184 valence electrons. The number of benzene rings is 4. The molecule has 0 fully saturated rings. The van der Waals surface area contributed by atoms with E-state index in [2.05, 4.69) is 5.10 Å². The number of hydrogen-bond acceptors (Lipinski definition) is 5. The molecule has 6 nitrogen and oxygen atoms in total. The van der Waals surface area contributed by atoms with Crippen molar-refractivity contribution >= 4 is 40.3 Å². The number of methoxy groups -OCH3 is 1. The minimum absolute atomic E-state index is 0.200. The van der Waals surface area contributed by atoms with Gasteiger partial charge in [-0.15, -0.1) is 0 Å². The van der Waals surface area contributed by atoms with Crippen LogP contribution < -0.4 is 15.0 Å². The second-order valence-corrected chi connectivity index (χ2v) is 8.93. The van der Waals surface area contributed by atoms with Gasteiger partial charge in [-0.05, 0) is 24.3 Å². The Morgan fingerprint density at radius 1 is 0.946 bits per heavy atom. The van der Waals surface area contributed by atoms with E-state index in [9.17, 15) is 4.79 Å². The van der Waals surface area contributed by atoms with Gasteiger partial charge >= 0.3 is 0 Å². The third kappa shape index (κ3) is 5.21. The average Bonchev–Trinajstić information content (AvgIpc) is 2.92. The summed E-state index contributed by atoms with van der Waals surface area (Å²) in [6.45, 7) is 0.200. The molecule has 8 heteroatoms. The molecule has 37 heavy (non-hydrogen) atoms. The molecule has 0 saturated heterocycles. The van der Waals surface area contributed by atoms with E-state index in [0.717, 1.165) is 11.1 Å². The van der Waals surface area contributed by atoms with Crippen molar-refractivity contribution in [2.24, 2.45) is 5.10 Å². The Balaban J connectivity index is 1.62. The van der Waals surface area contributed by atoms with Gasteiger partial charge in [0, 0.05) is 32.8 Å². The van der Waals surface area contributed by atoms with Crippen molar-refractivity contribution in [2.75, 3.05) is 7.11 Å². The Morgan fingerprint density at radius 2 is 1.68 bits per heavy atom. The lowest BCUT2D eigenvalue weighted by Gasteiger charge is -2.15. The molecule has 0 spiro atoms. The lowest BCUT2D eigenvalue weighted by Crippen LogP contribution is -2.20. The van der Waals surface area contributed by atoms with Crippen LogP contribution in [-0.2, 0) is 6.61 Å². The summed E-state index contributed by atoms with van der Waals surface area (Å²) in [5.74, 6) is 1.25. The molecule has 0 aliphatic heterocycles. The minimum Gasteiger partial charge on any atom is -0.493 e. The van der Waals surface area contributed by atoms with E-state index in [1.54, 1.807) is 36.4 Å². The molecule has 1 heterocycles. The molecule has 0 atom stereocenters. The van der Waals surface area contributed by atoms with Crippen LogP contribution in [-0.4, -0.2) is 23.0 Å². The molecule has 0 radical (unpaired) electrons. The van der Waals surface area contributed by atoms with Crippen LogP contribution in [0.2, 0.25) is 10.0 Å². The third-order valence-electron chi connectivity index (χ3n) is 5.70. The van der Waals surface area contributed by atoms with E-state index >= 15 is 0 Å². The molecule has 0 N–H and O–H groups in total. The van der Waals surface area contributed by atoms with E-state index in [-0.39, 0.29) is 12.2 Å². The Morgan fingerprint density at radius 3 is 2.46 bits per heavy atom. The Kier molecular flexibility index (Phi) is 7.21. The Bertz CT molecular complexity index is 1670. The van der Waals surface area contributed by atoms with Crippen molar-refractivity contribution in [1.29, 1.82) is 0 Å². The van der Waals surface area contributed by atoms with Gasteiger partial charge in [-0.2, -0.15) is 9.78 Å². The highest BCUT2D eigenvalue weighted by molar-refractivity contribution is 6.31. The number of hydrogen-bond donors (Lipinski definition) is 0. The molecule has 0 unspecified atom stereocenters. The Hall–Kier alpha value is -4.13. The van der Waals surface area contributed by atoms with E-state index in [1.807, 2.05) is 54.6 Å². The van der Waals surface area contributed by atoms with Crippen molar-refractivity contribution in [3.05, 3.63) is 123 Å². The van der Waals surface area contributed by atoms with Crippen molar-refractivity contribution in [3.8, 4) is 22.9 Å². The fourth-order valence-electron chi connectivity index (χ4n) is 3.88. The van der Waals surface area contributed by atoms with Gasteiger partial charge in [0.2, 0.25) is 0 Å². The van der Waals surface area contributed by atoms with Gasteiger partial charge in [0.05, 0.1) is 24.2 Å². The molecular formula is C29H21Cl2N3O3. The molecule has 0 saturated carbocycles. The summed E-state index contributed by atoms with van der Waals surface area (Å²) in [4.78, 5) is 18.2. The Labute approximate surface area is 223 Å². The summed E-state index contributed by atoms with van der Waals surface area (Å²) >= 11 is 12.7. The van der Waals surface area contributed by atoms with Gasteiger partial charge in [-0.1, -0.05) is 83.9 Å². The number of ether oxygens (including phenoxy) is 2. The maximum absolute atomic E-state index is 13.5. The summed E-state index contributed by atoms with van der Waals surface area (Å²) < 4.78 is 12.9. The molecule has 0 bridgehead atoms. The fraction of sp³-hybridized carbons (Fsp3) is 0.0690. The van der Waals surface area contributed by atoms with Gasteiger partial charge in [0.1, 0.15) is 6.61 Å². The van der Waals surface area contributed by atoms with Gasteiger partial charge < -0.3 is 9.47 Å². The second kappa shape index (κ2) is 10.9.